The molecule has 0 amide bonds. The fourth-order valence-electron chi connectivity index (χ4n) is 3.47. The van der Waals surface area contributed by atoms with Crippen molar-refractivity contribution < 1.29 is 0 Å². The maximum Gasteiger partial charge on any atom is 0.129 e. The van der Waals surface area contributed by atoms with E-state index in [0.717, 1.165) is 36.2 Å². The van der Waals surface area contributed by atoms with Gasteiger partial charge in [0.25, 0.3) is 0 Å². The van der Waals surface area contributed by atoms with Crippen LogP contribution in [0.2, 0.25) is 0 Å². The number of fused-ring (bicyclic) bond motifs is 2. The molecule has 0 aliphatic carbocycles. The van der Waals surface area contributed by atoms with Crippen LogP contribution < -0.4 is 10.6 Å². The molecule has 4 nitrogen and oxygen atoms in total. The summed E-state index contributed by atoms with van der Waals surface area (Å²) < 4.78 is 0. The predicted octanol–water partition coefficient (Wildman–Crippen LogP) is 1.70. The Labute approximate surface area is 126 Å². The molecule has 2 fully saturated rings. The van der Waals surface area contributed by atoms with E-state index < -0.39 is 0 Å². The lowest BCUT2D eigenvalue weighted by Gasteiger charge is -2.27. The Balaban J connectivity index is 1.87. The molecule has 20 heavy (non-hydrogen) atoms. The average molecular weight is 290 g/mol. The van der Waals surface area contributed by atoms with E-state index in [9.17, 15) is 0 Å². The number of hydrogen-bond acceptors (Lipinski definition) is 4. The fourth-order valence-corrected chi connectivity index (χ4v) is 3.59. The van der Waals surface area contributed by atoms with Crippen molar-refractivity contribution in [1.82, 2.24) is 9.88 Å². The molecule has 2 N–H and O–H groups in total. The van der Waals surface area contributed by atoms with Crippen LogP contribution in [0.4, 0.5) is 5.82 Å². The Hall–Kier alpha value is -1.20. The van der Waals surface area contributed by atoms with Gasteiger partial charge in [0.2, 0.25) is 0 Å². The summed E-state index contributed by atoms with van der Waals surface area (Å²) in [5.74, 6) is 1.02. The third-order valence-electron chi connectivity index (χ3n) is 4.70. The molecule has 3 rings (SSSR count). The van der Waals surface area contributed by atoms with Crippen molar-refractivity contribution >= 4 is 23.0 Å². The van der Waals surface area contributed by atoms with Crippen LogP contribution in [0.5, 0.6) is 0 Å². The molecule has 108 valence electrons. The van der Waals surface area contributed by atoms with Crippen LogP contribution in [0.3, 0.4) is 0 Å². The third-order valence-corrected chi connectivity index (χ3v) is 4.93. The standard InChI is InChI=1S/C15H22N4S/c1-10-7-11(15(16)20)8-14(17-10)19-6-5-12-3-4-13(9-19)18(12)2/h7-8,12-13H,3-6,9H2,1-2H3,(H2,16,20). The second kappa shape index (κ2) is 5.30. The Morgan fingerprint density at radius 2 is 2.05 bits per heavy atom. The molecular weight excluding hydrogens is 268 g/mol. The molecule has 2 aliphatic rings. The van der Waals surface area contributed by atoms with E-state index in [1.165, 1.54) is 19.3 Å². The SMILES string of the molecule is Cc1cc(C(N)=S)cc(N2CCC3CCC(C2)N3C)n1. The van der Waals surface area contributed by atoms with Crippen LogP contribution in [-0.4, -0.2) is 47.1 Å². The number of pyridine rings is 1. The van der Waals surface area contributed by atoms with Gasteiger partial charge >= 0.3 is 0 Å². The number of likely N-dealkylation sites (N-methyl/N-ethyl adjacent to an activating group) is 1. The van der Waals surface area contributed by atoms with E-state index in [2.05, 4.69) is 21.8 Å². The van der Waals surface area contributed by atoms with Gasteiger partial charge in [-0.2, -0.15) is 0 Å². The third kappa shape index (κ3) is 2.52. The summed E-state index contributed by atoms with van der Waals surface area (Å²) in [6.07, 6.45) is 3.85. The molecule has 0 saturated carbocycles. The van der Waals surface area contributed by atoms with E-state index in [-0.39, 0.29) is 0 Å². The fraction of sp³-hybridized carbons (Fsp3) is 0.600. The molecular formula is C15H22N4S. The second-order valence-electron chi connectivity index (χ2n) is 6.00. The summed E-state index contributed by atoms with van der Waals surface area (Å²) in [5, 5.41) is 0. The van der Waals surface area contributed by atoms with Crippen molar-refractivity contribution in [2.24, 2.45) is 5.73 Å². The monoisotopic (exact) mass is 290 g/mol. The van der Waals surface area contributed by atoms with Gasteiger partial charge in [-0.05, 0) is 45.4 Å². The zero-order valence-corrected chi connectivity index (χ0v) is 13.0. The van der Waals surface area contributed by atoms with Crippen molar-refractivity contribution in [2.45, 2.75) is 38.3 Å². The van der Waals surface area contributed by atoms with E-state index >= 15 is 0 Å². The van der Waals surface area contributed by atoms with Gasteiger partial charge in [0, 0.05) is 36.4 Å². The molecule has 2 bridgehead atoms. The molecule has 0 radical (unpaired) electrons. The van der Waals surface area contributed by atoms with E-state index in [1.54, 1.807) is 0 Å². The zero-order chi connectivity index (χ0) is 14.3. The van der Waals surface area contributed by atoms with Gasteiger partial charge in [-0.25, -0.2) is 4.98 Å². The first-order valence-electron chi connectivity index (χ1n) is 7.30. The Bertz CT molecular complexity index is 531. The zero-order valence-electron chi connectivity index (χ0n) is 12.2. The van der Waals surface area contributed by atoms with Crippen molar-refractivity contribution in [3.63, 3.8) is 0 Å². The largest absolute Gasteiger partial charge is 0.389 e. The van der Waals surface area contributed by atoms with Gasteiger partial charge in [0.15, 0.2) is 0 Å². The van der Waals surface area contributed by atoms with Crippen LogP contribution in [0, 0.1) is 6.92 Å². The van der Waals surface area contributed by atoms with Gasteiger partial charge in [0.1, 0.15) is 10.8 Å². The molecule has 0 spiro atoms. The first-order chi connectivity index (χ1) is 9.54. The summed E-state index contributed by atoms with van der Waals surface area (Å²) in [6, 6.07) is 5.39. The molecule has 2 aliphatic heterocycles. The van der Waals surface area contributed by atoms with E-state index in [4.69, 9.17) is 18.0 Å². The second-order valence-corrected chi connectivity index (χ2v) is 6.44. The molecule has 0 aromatic carbocycles. The van der Waals surface area contributed by atoms with Crippen LogP contribution >= 0.6 is 12.2 Å². The molecule has 3 heterocycles. The number of hydrogen-bond donors (Lipinski definition) is 1. The smallest absolute Gasteiger partial charge is 0.129 e. The summed E-state index contributed by atoms with van der Waals surface area (Å²) in [7, 11) is 2.26. The quantitative estimate of drug-likeness (QED) is 0.840. The van der Waals surface area contributed by atoms with Crippen molar-refractivity contribution in [1.29, 1.82) is 0 Å². The number of nitrogens with zero attached hydrogens (tertiary/aromatic N) is 3. The minimum atomic E-state index is 0.449. The lowest BCUT2D eigenvalue weighted by atomic mass is 10.1. The van der Waals surface area contributed by atoms with Crippen LogP contribution in [0.1, 0.15) is 30.5 Å². The minimum absolute atomic E-state index is 0.449. The molecule has 5 heteroatoms. The Morgan fingerprint density at radius 1 is 1.30 bits per heavy atom. The number of nitrogens with two attached hydrogens (primary N) is 1. The molecule has 1 aromatic heterocycles. The van der Waals surface area contributed by atoms with Gasteiger partial charge in [-0.3, -0.25) is 4.90 Å². The summed E-state index contributed by atoms with van der Waals surface area (Å²) in [4.78, 5) is 10.1. The highest BCUT2D eigenvalue weighted by Gasteiger charge is 2.35. The first kappa shape index (κ1) is 13.8. The predicted molar refractivity (Wildman–Crippen MR) is 86.3 cm³/mol. The summed E-state index contributed by atoms with van der Waals surface area (Å²) >= 11 is 5.10. The van der Waals surface area contributed by atoms with Gasteiger partial charge in [-0.15, -0.1) is 0 Å². The lowest BCUT2D eigenvalue weighted by molar-refractivity contribution is 0.254. The highest BCUT2D eigenvalue weighted by atomic mass is 32.1. The Morgan fingerprint density at radius 3 is 2.80 bits per heavy atom. The van der Waals surface area contributed by atoms with Crippen molar-refractivity contribution in [2.75, 3.05) is 25.0 Å². The highest BCUT2D eigenvalue weighted by molar-refractivity contribution is 7.80. The number of aryl methyl sites for hydroxylation is 1. The van der Waals surface area contributed by atoms with E-state index in [0.29, 0.717) is 11.0 Å². The van der Waals surface area contributed by atoms with Crippen LogP contribution in [0.25, 0.3) is 0 Å². The van der Waals surface area contributed by atoms with Crippen molar-refractivity contribution in [3.05, 3.63) is 23.4 Å². The lowest BCUT2D eigenvalue weighted by Crippen LogP contribution is -2.37. The molecule has 1 aromatic rings. The minimum Gasteiger partial charge on any atom is -0.389 e. The van der Waals surface area contributed by atoms with Crippen molar-refractivity contribution in [3.8, 4) is 0 Å². The number of rotatable bonds is 2. The molecule has 2 saturated heterocycles. The number of thiocarbonyl (C=S) groups is 1. The topological polar surface area (TPSA) is 45.4 Å². The number of aromatic nitrogens is 1. The van der Waals surface area contributed by atoms with Gasteiger partial charge < -0.3 is 10.6 Å². The van der Waals surface area contributed by atoms with Gasteiger partial charge in [-0.1, -0.05) is 12.2 Å². The maximum atomic E-state index is 5.77. The molecule has 2 atom stereocenters. The first-order valence-corrected chi connectivity index (χ1v) is 7.71. The summed E-state index contributed by atoms with van der Waals surface area (Å²) in [6.45, 7) is 4.13. The highest BCUT2D eigenvalue weighted by Crippen LogP contribution is 2.30. The maximum absolute atomic E-state index is 5.77. The van der Waals surface area contributed by atoms with Crippen LogP contribution in [0.15, 0.2) is 12.1 Å². The Kier molecular flexibility index (Phi) is 3.65. The summed E-state index contributed by atoms with van der Waals surface area (Å²) in [5.41, 5.74) is 7.67. The normalized spacial score (nSPS) is 26.6. The van der Waals surface area contributed by atoms with Gasteiger partial charge in [0.05, 0.1) is 0 Å². The molecule has 2 unspecified atom stereocenters. The average Bonchev–Trinajstić information content (AvgIpc) is 2.62. The van der Waals surface area contributed by atoms with Crippen LogP contribution in [-0.2, 0) is 0 Å². The van der Waals surface area contributed by atoms with E-state index in [1.807, 2.05) is 19.1 Å². The number of anilines is 1.